The molecular formula is C12H18O3S. The summed E-state index contributed by atoms with van der Waals surface area (Å²) >= 11 is 0. The summed E-state index contributed by atoms with van der Waals surface area (Å²) in [4.78, 5) is 0.238. The molecule has 16 heavy (non-hydrogen) atoms. The van der Waals surface area contributed by atoms with Gasteiger partial charge in [0, 0.05) is 0 Å². The lowest BCUT2D eigenvalue weighted by molar-refractivity contribution is 0.0453. The molecule has 0 unspecified atom stereocenters. The summed E-state index contributed by atoms with van der Waals surface area (Å²) in [6.07, 6.45) is 0. The van der Waals surface area contributed by atoms with Gasteiger partial charge in [0.2, 0.25) is 0 Å². The summed E-state index contributed by atoms with van der Waals surface area (Å²) in [7, 11) is -3.55. The predicted molar refractivity (Wildman–Crippen MR) is 64.0 cm³/mol. The van der Waals surface area contributed by atoms with E-state index in [1.807, 2.05) is 0 Å². The van der Waals surface area contributed by atoms with Crippen LogP contribution in [0.1, 0.15) is 27.7 Å². The van der Waals surface area contributed by atoms with Crippen LogP contribution in [0, 0.1) is 0 Å². The molecule has 0 fully saturated rings. The molecule has 1 aromatic carbocycles. The fourth-order valence-electron chi connectivity index (χ4n) is 1.22. The van der Waals surface area contributed by atoms with E-state index in [0.717, 1.165) is 0 Å². The van der Waals surface area contributed by atoms with Gasteiger partial charge in [-0.1, -0.05) is 18.2 Å². The quantitative estimate of drug-likeness (QED) is 0.882. The number of aliphatic hydroxyl groups is 1. The molecular weight excluding hydrogens is 224 g/mol. The largest absolute Gasteiger partial charge is 0.389 e. The van der Waals surface area contributed by atoms with E-state index in [2.05, 4.69) is 0 Å². The van der Waals surface area contributed by atoms with Gasteiger partial charge in [0.1, 0.15) is 0 Å². The minimum absolute atomic E-state index is 0.238. The Morgan fingerprint density at radius 2 is 1.44 bits per heavy atom. The normalized spacial score (nSPS) is 13.8. The molecule has 0 aliphatic carbocycles. The zero-order chi connectivity index (χ0) is 12.6. The van der Waals surface area contributed by atoms with Gasteiger partial charge in [-0.25, -0.2) is 8.42 Å². The first-order valence-corrected chi connectivity index (χ1v) is 6.61. The Balaban J connectivity index is 3.35. The summed E-state index contributed by atoms with van der Waals surface area (Å²) in [6, 6.07) is 8.20. The van der Waals surface area contributed by atoms with Crippen LogP contribution in [-0.2, 0) is 9.84 Å². The van der Waals surface area contributed by atoms with E-state index >= 15 is 0 Å². The maximum atomic E-state index is 12.3. The van der Waals surface area contributed by atoms with Crippen LogP contribution in [0.2, 0.25) is 0 Å². The summed E-state index contributed by atoms with van der Waals surface area (Å²) in [5, 5.41) is 9.96. The first-order valence-electron chi connectivity index (χ1n) is 5.13. The Hall–Kier alpha value is -0.870. The van der Waals surface area contributed by atoms with E-state index in [9.17, 15) is 13.5 Å². The molecule has 0 spiro atoms. The third-order valence-electron chi connectivity index (χ3n) is 3.20. The van der Waals surface area contributed by atoms with Crippen LogP contribution in [-0.4, -0.2) is 23.9 Å². The van der Waals surface area contributed by atoms with Crippen LogP contribution in [0.4, 0.5) is 0 Å². The molecule has 0 bridgehead atoms. The molecule has 0 amide bonds. The van der Waals surface area contributed by atoms with E-state index in [4.69, 9.17) is 0 Å². The highest BCUT2D eigenvalue weighted by molar-refractivity contribution is 7.92. The number of rotatable bonds is 3. The first-order chi connectivity index (χ1) is 7.11. The molecule has 0 saturated carbocycles. The summed E-state index contributed by atoms with van der Waals surface area (Å²) in [5.41, 5.74) is -1.30. The molecule has 90 valence electrons. The smallest absolute Gasteiger partial charge is 0.186 e. The highest BCUT2D eigenvalue weighted by atomic mass is 32.2. The Kier molecular flexibility index (Phi) is 3.18. The van der Waals surface area contributed by atoms with Crippen molar-refractivity contribution in [2.24, 2.45) is 0 Å². The van der Waals surface area contributed by atoms with Crippen LogP contribution in [0.25, 0.3) is 0 Å². The third kappa shape index (κ3) is 1.99. The Morgan fingerprint density at radius 3 is 1.81 bits per heavy atom. The maximum Gasteiger partial charge on any atom is 0.186 e. The van der Waals surface area contributed by atoms with Gasteiger partial charge >= 0.3 is 0 Å². The lowest BCUT2D eigenvalue weighted by atomic mass is 9.94. The van der Waals surface area contributed by atoms with Crippen LogP contribution in [0.15, 0.2) is 35.2 Å². The second-order valence-corrected chi connectivity index (χ2v) is 7.38. The molecule has 1 N–H and O–H groups in total. The van der Waals surface area contributed by atoms with E-state index in [-0.39, 0.29) is 4.90 Å². The lowest BCUT2D eigenvalue weighted by Crippen LogP contribution is -2.51. The van der Waals surface area contributed by atoms with Crippen molar-refractivity contribution in [1.29, 1.82) is 0 Å². The average Bonchev–Trinajstić information content (AvgIpc) is 2.17. The van der Waals surface area contributed by atoms with Gasteiger partial charge in [-0.05, 0) is 39.8 Å². The standard InChI is InChI=1S/C12H18O3S/c1-11(2,13)12(3,4)16(14,15)10-8-6-5-7-9-10/h5-9,13H,1-4H3. The van der Waals surface area contributed by atoms with Gasteiger partial charge in [0.15, 0.2) is 9.84 Å². The third-order valence-corrected chi connectivity index (χ3v) is 5.93. The van der Waals surface area contributed by atoms with E-state index in [1.165, 1.54) is 27.7 Å². The Morgan fingerprint density at radius 1 is 1.00 bits per heavy atom. The molecule has 0 aliphatic rings. The number of hydrogen-bond donors (Lipinski definition) is 1. The lowest BCUT2D eigenvalue weighted by Gasteiger charge is -2.36. The molecule has 0 radical (unpaired) electrons. The van der Waals surface area contributed by atoms with Crippen LogP contribution < -0.4 is 0 Å². The van der Waals surface area contributed by atoms with Crippen molar-refractivity contribution in [3.05, 3.63) is 30.3 Å². The van der Waals surface area contributed by atoms with Crippen LogP contribution >= 0.6 is 0 Å². The van der Waals surface area contributed by atoms with Crippen LogP contribution in [0.3, 0.4) is 0 Å². The summed E-state index contributed by atoms with van der Waals surface area (Å²) in [5.74, 6) is 0. The monoisotopic (exact) mass is 242 g/mol. The first kappa shape index (κ1) is 13.2. The molecule has 0 saturated heterocycles. The van der Waals surface area contributed by atoms with Gasteiger partial charge in [-0.3, -0.25) is 0 Å². The SMILES string of the molecule is CC(C)(O)C(C)(C)S(=O)(=O)c1ccccc1. The van der Waals surface area contributed by atoms with Crippen molar-refractivity contribution in [2.45, 2.75) is 42.9 Å². The van der Waals surface area contributed by atoms with Crippen LogP contribution in [0.5, 0.6) is 0 Å². The molecule has 0 atom stereocenters. The van der Waals surface area contributed by atoms with Gasteiger partial charge in [-0.15, -0.1) is 0 Å². The number of hydrogen-bond acceptors (Lipinski definition) is 3. The number of benzene rings is 1. The van der Waals surface area contributed by atoms with Gasteiger partial charge in [-0.2, -0.15) is 0 Å². The average molecular weight is 242 g/mol. The van der Waals surface area contributed by atoms with E-state index in [0.29, 0.717) is 0 Å². The molecule has 0 heterocycles. The van der Waals surface area contributed by atoms with Crippen molar-refractivity contribution in [2.75, 3.05) is 0 Å². The summed E-state index contributed by atoms with van der Waals surface area (Å²) in [6.45, 7) is 6.09. The molecule has 1 rings (SSSR count). The van der Waals surface area contributed by atoms with Gasteiger partial charge in [0.05, 0.1) is 15.2 Å². The molecule has 3 nitrogen and oxygen atoms in total. The second-order valence-electron chi connectivity index (χ2n) is 4.89. The predicted octanol–water partition coefficient (Wildman–Crippen LogP) is 2.01. The Labute approximate surface area is 97.0 Å². The van der Waals surface area contributed by atoms with Gasteiger partial charge in [0.25, 0.3) is 0 Å². The molecule has 0 aromatic heterocycles. The second kappa shape index (κ2) is 3.86. The highest BCUT2D eigenvalue weighted by Gasteiger charge is 2.47. The van der Waals surface area contributed by atoms with E-state index in [1.54, 1.807) is 30.3 Å². The fourth-order valence-corrected chi connectivity index (χ4v) is 2.99. The highest BCUT2D eigenvalue weighted by Crippen LogP contribution is 2.34. The molecule has 1 aromatic rings. The maximum absolute atomic E-state index is 12.3. The van der Waals surface area contributed by atoms with Crippen molar-refractivity contribution < 1.29 is 13.5 Å². The number of sulfone groups is 1. The van der Waals surface area contributed by atoms with E-state index < -0.39 is 20.2 Å². The Bertz CT molecular complexity index is 453. The summed E-state index contributed by atoms with van der Waals surface area (Å²) < 4.78 is 23.4. The zero-order valence-corrected chi connectivity index (χ0v) is 10.9. The topological polar surface area (TPSA) is 54.4 Å². The van der Waals surface area contributed by atoms with Gasteiger partial charge < -0.3 is 5.11 Å². The minimum atomic E-state index is -3.55. The fraction of sp³-hybridized carbons (Fsp3) is 0.500. The zero-order valence-electron chi connectivity index (χ0n) is 10.1. The molecule has 4 heteroatoms. The molecule has 0 aliphatic heterocycles. The van der Waals surface area contributed by atoms with Crippen molar-refractivity contribution >= 4 is 9.84 Å². The van der Waals surface area contributed by atoms with Crippen molar-refractivity contribution in [3.8, 4) is 0 Å². The van der Waals surface area contributed by atoms with Crippen molar-refractivity contribution in [1.82, 2.24) is 0 Å². The van der Waals surface area contributed by atoms with Crippen molar-refractivity contribution in [3.63, 3.8) is 0 Å². The minimum Gasteiger partial charge on any atom is -0.389 e.